The lowest BCUT2D eigenvalue weighted by atomic mass is 9.86. The van der Waals surface area contributed by atoms with E-state index in [0.717, 1.165) is 18.9 Å². The quantitative estimate of drug-likeness (QED) is 0.237. The van der Waals surface area contributed by atoms with Gasteiger partial charge >= 0.3 is 0 Å². The zero-order valence-electron chi connectivity index (χ0n) is 11.8. The highest BCUT2D eigenvalue weighted by Crippen LogP contribution is 2.21. The molecule has 4 nitrogen and oxygen atoms in total. The monoisotopic (exact) mass is 285 g/mol. The molecule has 112 valence electrons. The summed E-state index contributed by atoms with van der Waals surface area (Å²) in [6.07, 6.45) is 1.58. The van der Waals surface area contributed by atoms with Gasteiger partial charge in [-0.1, -0.05) is 25.1 Å². The molecule has 0 unspecified atom stereocenters. The number of benzene rings is 1. The van der Waals surface area contributed by atoms with Crippen molar-refractivity contribution >= 4 is 5.84 Å². The normalized spacial score (nSPS) is 12.7. The zero-order valence-corrected chi connectivity index (χ0v) is 11.8. The van der Waals surface area contributed by atoms with Crippen LogP contribution < -0.4 is 11.1 Å². The minimum atomic E-state index is -0.839. The third kappa shape index (κ3) is 4.77. The minimum Gasteiger partial charge on any atom is -0.409 e. The van der Waals surface area contributed by atoms with Crippen molar-refractivity contribution in [2.75, 3.05) is 6.54 Å². The summed E-state index contributed by atoms with van der Waals surface area (Å²) < 4.78 is 25.7. The Morgan fingerprint density at radius 3 is 2.65 bits per heavy atom. The summed E-state index contributed by atoms with van der Waals surface area (Å²) in [6.45, 7) is 4.98. The van der Waals surface area contributed by atoms with E-state index in [1.54, 1.807) is 6.07 Å². The maximum atomic E-state index is 13.0. The third-order valence-corrected chi connectivity index (χ3v) is 3.27. The van der Waals surface area contributed by atoms with Gasteiger partial charge in [0, 0.05) is 12.0 Å². The molecule has 0 aliphatic rings. The van der Waals surface area contributed by atoms with Crippen LogP contribution in [-0.2, 0) is 6.54 Å². The van der Waals surface area contributed by atoms with Gasteiger partial charge in [-0.15, -0.1) is 0 Å². The number of hydrogen-bond donors (Lipinski definition) is 3. The van der Waals surface area contributed by atoms with E-state index < -0.39 is 11.6 Å². The Labute approximate surface area is 117 Å². The van der Waals surface area contributed by atoms with Crippen LogP contribution in [0.15, 0.2) is 23.4 Å². The van der Waals surface area contributed by atoms with Gasteiger partial charge in [0.05, 0.1) is 0 Å². The molecular weight excluding hydrogens is 264 g/mol. The number of hydrogen-bond acceptors (Lipinski definition) is 3. The summed E-state index contributed by atoms with van der Waals surface area (Å²) in [6, 6.07) is 3.85. The highest BCUT2D eigenvalue weighted by Gasteiger charge is 2.22. The smallest absolute Gasteiger partial charge is 0.159 e. The molecule has 0 saturated heterocycles. The number of nitrogens with two attached hydrogens (primary N) is 1. The summed E-state index contributed by atoms with van der Waals surface area (Å²) >= 11 is 0. The number of oxime groups is 1. The van der Waals surface area contributed by atoms with Gasteiger partial charge in [-0.05, 0) is 37.1 Å². The fourth-order valence-corrected chi connectivity index (χ4v) is 1.80. The minimum absolute atomic E-state index is 0.207. The van der Waals surface area contributed by atoms with Crippen molar-refractivity contribution in [1.82, 2.24) is 5.32 Å². The summed E-state index contributed by atoms with van der Waals surface area (Å²) in [4.78, 5) is 0. The molecular formula is C14H21F2N3O. The third-order valence-electron chi connectivity index (χ3n) is 3.27. The van der Waals surface area contributed by atoms with Crippen LogP contribution in [-0.4, -0.2) is 17.6 Å². The summed E-state index contributed by atoms with van der Waals surface area (Å²) in [5, 5.41) is 14.8. The first-order valence-electron chi connectivity index (χ1n) is 6.49. The largest absolute Gasteiger partial charge is 0.409 e. The Bertz CT molecular complexity index is 475. The predicted octanol–water partition coefficient (Wildman–Crippen LogP) is 2.61. The summed E-state index contributed by atoms with van der Waals surface area (Å²) in [5.41, 5.74) is 5.92. The lowest BCUT2D eigenvalue weighted by molar-refractivity contribution is 0.304. The molecule has 0 radical (unpaired) electrons. The van der Waals surface area contributed by atoms with E-state index in [-0.39, 0.29) is 11.3 Å². The summed E-state index contributed by atoms with van der Waals surface area (Å²) in [7, 11) is 0. The molecule has 0 aliphatic heterocycles. The van der Waals surface area contributed by atoms with Gasteiger partial charge < -0.3 is 16.3 Å². The molecule has 0 fully saturated rings. The molecule has 20 heavy (non-hydrogen) atoms. The van der Waals surface area contributed by atoms with E-state index in [1.807, 2.05) is 13.8 Å². The standard InChI is InChI=1S/C14H21F2N3O/c1-14(2,13(17)19-20)6-3-7-18-9-10-4-5-11(15)12(16)8-10/h4-5,8,18,20H,3,6-7,9H2,1-2H3,(H2,17,19). The number of halogens is 2. The van der Waals surface area contributed by atoms with Gasteiger partial charge in [-0.3, -0.25) is 0 Å². The van der Waals surface area contributed by atoms with E-state index in [2.05, 4.69) is 10.5 Å². The van der Waals surface area contributed by atoms with Crippen LogP contribution >= 0.6 is 0 Å². The average Bonchev–Trinajstić information content (AvgIpc) is 2.41. The SMILES string of the molecule is CC(C)(CCCNCc1ccc(F)c(F)c1)C(N)=NO. The van der Waals surface area contributed by atoms with Crippen LogP contribution in [0.25, 0.3) is 0 Å². The fraction of sp³-hybridized carbons (Fsp3) is 0.500. The molecule has 0 heterocycles. The van der Waals surface area contributed by atoms with Crippen LogP contribution in [0.5, 0.6) is 0 Å². The Balaban J connectivity index is 2.30. The molecule has 1 aromatic carbocycles. The first kappa shape index (κ1) is 16.4. The zero-order chi connectivity index (χ0) is 15.2. The van der Waals surface area contributed by atoms with Crippen molar-refractivity contribution in [3.63, 3.8) is 0 Å². The van der Waals surface area contributed by atoms with Gasteiger partial charge in [0.25, 0.3) is 0 Å². The van der Waals surface area contributed by atoms with Crippen molar-refractivity contribution in [2.45, 2.75) is 33.2 Å². The van der Waals surface area contributed by atoms with Crippen molar-refractivity contribution in [2.24, 2.45) is 16.3 Å². The Hall–Kier alpha value is -1.69. The van der Waals surface area contributed by atoms with E-state index in [9.17, 15) is 8.78 Å². The van der Waals surface area contributed by atoms with Gasteiger partial charge in [-0.2, -0.15) is 0 Å². The molecule has 0 aromatic heterocycles. The number of rotatable bonds is 7. The Morgan fingerprint density at radius 2 is 2.05 bits per heavy atom. The lowest BCUT2D eigenvalue weighted by Gasteiger charge is -2.22. The lowest BCUT2D eigenvalue weighted by Crippen LogP contribution is -2.32. The number of nitrogens with one attached hydrogen (secondary N) is 1. The van der Waals surface area contributed by atoms with E-state index in [1.165, 1.54) is 6.07 Å². The maximum absolute atomic E-state index is 13.0. The molecule has 6 heteroatoms. The second kappa shape index (κ2) is 7.19. The molecule has 1 aromatic rings. The van der Waals surface area contributed by atoms with Gasteiger partial charge in [0.2, 0.25) is 0 Å². The van der Waals surface area contributed by atoms with Crippen LogP contribution in [0.4, 0.5) is 8.78 Å². The Morgan fingerprint density at radius 1 is 1.35 bits per heavy atom. The molecule has 0 aliphatic carbocycles. The molecule has 0 atom stereocenters. The van der Waals surface area contributed by atoms with Crippen molar-refractivity contribution in [3.8, 4) is 0 Å². The van der Waals surface area contributed by atoms with Crippen LogP contribution in [0.3, 0.4) is 0 Å². The van der Waals surface area contributed by atoms with E-state index >= 15 is 0 Å². The van der Waals surface area contributed by atoms with Crippen LogP contribution in [0, 0.1) is 17.0 Å². The predicted molar refractivity (Wildman–Crippen MR) is 74.5 cm³/mol. The molecule has 0 bridgehead atoms. The highest BCUT2D eigenvalue weighted by atomic mass is 19.2. The molecule has 0 spiro atoms. The van der Waals surface area contributed by atoms with Gasteiger partial charge in [0.1, 0.15) is 5.84 Å². The first-order chi connectivity index (χ1) is 9.36. The van der Waals surface area contributed by atoms with Gasteiger partial charge in [0.15, 0.2) is 11.6 Å². The molecule has 1 rings (SSSR count). The second-order valence-corrected chi connectivity index (χ2v) is 5.40. The average molecular weight is 285 g/mol. The van der Waals surface area contributed by atoms with Crippen LogP contribution in [0.2, 0.25) is 0 Å². The second-order valence-electron chi connectivity index (χ2n) is 5.40. The highest BCUT2D eigenvalue weighted by molar-refractivity contribution is 5.85. The van der Waals surface area contributed by atoms with Crippen LogP contribution in [0.1, 0.15) is 32.3 Å². The Kier molecular flexibility index (Phi) is 5.88. The first-order valence-corrected chi connectivity index (χ1v) is 6.49. The van der Waals surface area contributed by atoms with Crippen molar-refractivity contribution < 1.29 is 14.0 Å². The number of nitrogens with zero attached hydrogens (tertiary/aromatic N) is 1. The number of amidine groups is 1. The van der Waals surface area contributed by atoms with E-state index in [4.69, 9.17) is 10.9 Å². The van der Waals surface area contributed by atoms with Gasteiger partial charge in [-0.25, -0.2) is 8.78 Å². The maximum Gasteiger partial charge on any atom is 0.159 e. The molecule has 0 amide bonds. The topological polar surface area (TPSA) is 70.6 Å². The molecule has 4 N–H and O–H groups in total. The molecule has 0 saturated carbocycles. The van der Waals surface area contributed by atoms with Crippen molar-refractivity contribution in [3.05, 3.63) is 35.4 Å². The fourth-order valence-electron chi connectivity index (χ4n) is 1.80. The van der Waals surface area contributed by atoms with E-state index in [0.29, 0.717) is 18.7 Å². The van der Waals surface area contributed by atoms with Crippen molar-refractivity contribution in [1.29, 1.82) is 0 Å². The summed E-state index contributed by atoms with van der Waals surface area (Å²) in [5.74, 6) is -1.47.